The first-order valence-corrected chi connectivity index (χ1v) is 14.1. The summed E-state index contributed by atoms with van der Waals surface area (Å²) in [5.41, 5.74) is 6.99. The molecule has 0 heterocycles. The fourth-order valence-electron chi connectivity index (χ4n) is 4.05. The van der Waals surface area contributed by atoms with E-state index >= 15 is 0 Å². The molecule has 4 rings (SSSR count). The van der Waals surface area contributed by atoms with Crippen LogP contribution in [0.3, 0.4) is 0 Å². The van der Waals surface area contributed by atoms with E-state index in [9.17, 15) is 18.0 Å². The summed E-state index contributed by atoms with van der Waals surface area (Å²) in [5, 5.41) is 10.1. The SMILES string of the molecule is C/C(=N/NC(=O)CNc1ccc(S(=O)(=O)c2ccccc2)c(C)c1C)c1cccc(NC(=O)c2ccccc2)c1. The number of hydrogen-bond acceptors (Lipinski definition) is 6. The highest BCUT2D eigenvalue weighted by molar-refractivity contribution is 7.91. The third kappa shape index (κ3) is 6.62. The van der Waals surface area contributed by atoms with Crippen molar-refractivity contribution in [2.24, 2.45) is 5.10 Å². The molecular formula is C31H30N4O4S. The van der Waals surface area contributed by atoms with Crippen molar-refractivity contribution in [3.63, 3.8) is 0 Å². The van der Waals surface area contributed by atoms with Crippen LogP contribution in [0.15, 0.2) is 112 Å². The fourth-order valence-corrected chi connectivity index (χ4v) is 5.62. The molecule has 0 saturated heterocycles. The zero-order valence-electron chi connectivity index (χ0n) is 22.4. The van der Waals surface area contributed by atoms with E-state index in [0.29, 0.717) is 28.2 Å². The lowest BCUT2D eigenvalue weighted by Crippen LogP contribution is -2.27. The minimum absolute atomic E-state index is 0.0605. The van der Waals surface area contributed by atoms with Gasteiger partial charge in [-0.2, -0.15) is 5.10 Å². The van der Waals surface area contributed by atoms with Crippen LogP contribution in [0.1, 0.15) is 34.0 Å². The molecule has 4 aromatic rings. The minimum atomic E-state index is -3.66. The largest absolute Gasteiger partial charge is 0.376 e. The maximum atomic E-state index is 13.1. The van der Waals surface area contributed by atoms with Crippen molar-refractivity contribution in [2.45, 2.75) is 30.6 Å². The Morgan fingerprint density at radius 1 is 0.775 bits per heavy atom. The Bertz CT molecular complexity index is 1670. The topological polar surface area (TPSA) is 117 Å². The van der Waals surface area contributed by atoms with Crippen molar-refractivity contribution in [1.82, 2.24) is 5.43 Å². The van der Waals surface area contributed by atoms with Crippen LogP contribution >= 0.6 is 0 Å². The van der Waals surface area contributed by atoms with Crippen molar-refractivity contribution in [3.8, 4) is 0 Å². The number of hydrazone groups is 1. The van der Waals surface area contributed by atoms with Gasteiger partial charge in [0, 0.05) is 16.9 Å². The first-order valence-electron chi connectivity index (χ1n) is 12.6. The van der Waals surface area contributed by atoms with Gasteiger partial charge in [-0.25, -0.2) is 13.8 Å². The maximum absolute atomic E-state index is 13.1. The van der Waals surface area contributed by atoms with Gasteiger partial charge in [-0.3, -0.25) is 9.59 Å². The molecule has 0 radical (unpaired) electrons. The molecule has 8 nitrogen and oxygen atoms in total. The number of hydrogen-bond donors (Lipinski definition) is 3. The molecule has 0 aliphatic rings. The quantitative estimate of drug-likeness (QED) is 0.191. The Morgan fingerprint density at radius 3 is 2.12 bits per heavy atom. The number of rotatable bonds is 9. The molecule has 4 aromatic carbocycles. The third-order valence-corrected chi connectivity index (χ3v) is 8.36. The average molecular weight is 555 g/mol. The molecule has 40 heavy (non-hydrogen) atoms. The second kappa shape index (κ2) is 12.4. The van der Waals surface area contributed by atoms with Gasteiger partial charge in [0.05, 0.1) is 22.0 Å². The lowest BCUT2D eigenvalue weighted by molar-refractivity contribution is -0.119. The predicted molar refractivity (Wildman–Crippen MR) is 157 cm³/mol. The van der Waals surface area contributed by atoms with Gasteiger partial charge in [-0.15, -0.1) is 0 Å². The molecule has 9 heteroatoms. The van der Waals surface area contributed by atoms with Crippen molar-refractivity contribution in [1.29, 1.82) is 0 Å². The van der Waals surface area contributed by atoms with E-state index in [1.165, 1.54) is 0 Å². The number of anilines is 2. The molecule has 3 N–H and O–H groups in total. The molecule has 2 amide bonds. The van der Waals surface area contributed by atoms with Crippen LogP contribution in [-0.4, -0.2) is 32.5 Å². The summed E-state index contributed by atoms with van der Waals surface area (Å²) in [6.45, 7) is 5.26. The van der Waals surface area contributed by atoms with Crippen LogP contribution in [-0.2, 0) is 14.6 Å². The van der Waals surface area contributed by atoms with Crippen LogP contribution in [0, 0.1) is 13.8 Å². The van der Waals surface area contributed by atoms with E-state index in [-0.39, 0.29) is 28.2 Å². The maximum Gasteiger partial charge on any atom is 0.259 e. The predicted octanol–water partition coefficient (Wildman–Crippen LogP) is 5.34. The van der Waals surface area contributed by atoms with E-state index in [4.69, 9.17) is 0 Å². The van der Waals surface area contributed by atoms with Crippen molar-refractivity contribution < 1.29 is 18.0 Å². The normalized spacial score (nSPS) is 11.5. The molecule has 0 unspecified atom stereocenters. The molecule has 0 saturated carbocycles. The molecule has 204 valence electrons. The van der Waals surface area contributed by atoms with Crippen LogP contribution in [0.2, 0.25) is 0 Å². The van der Waals surface area contributed by atoms with Gasteiger partial charge in [0.1, 0.15) is 0 Å². The monoisotopic (exact) mass is 554 g/mol. The lowest BCUT2D eigenvalue weighted by atomic mass is 10.1. The zero-order chi connectivity index (χ0) is 28.7. The highest BCUT2D eigenvalue weighted by Gasteiger charge is 2.21. The fraction of sp³-hybridized carbons (Fsp3) is 0.129. The molecular weight excluding hydrogens is 524 g/mol. The summed E-state index contributed by atoms with van der Waals surface area (Å²) in [7, 11) is -3.66. The van der Waals surface area contributed by atoms with Gasteiger partial charge in [0.15, 0.2) is 0 Å². The number of carbonyl (C=O) groups excluding carboxylic acids is 2. The zero-order valence-corrected chi connectivity index (χ0v) is 23.2. The first kappa shape index (κ1) is 28.3. The number of nitrogens with zero attached hydrogens (tertiary/aromatic N) is 1. The Morgan fingerprint density at radius 2 is 1.43 bits per heavy atom. The molecule has 0 bridgehead atoms. The molecule has 0 fully saturated rings. The number of amides is 2. The summed E-state index contributed by atoms with van der Waals surface area (Å²) >= 11 is 0. The highest BCUT2D eigenvalue weighted by atomic mass is 32.2. The number of carbonyl (C=O) groups is 2. The number of benzene rings is 4. The van der Waals surface area contributed by atoms with Gasteiger partial charge in [0.2, 0.25) is 9.84 Å². The van der Waals surface area contributed by atoms with Crippen LogP contribution in [0.25, 0.3) is 0 Å². The summed E-state index contributed by atoms with van der Waals surface area (Å²) in [4.78, 5) is 25.4. The van der Waals surface area contributed by atoms with Crippen LogP contribution in [0.5, 0.6) is 0 Å². The minimum Gasteiger partial charge on any atom is -0.376 e. The van der Waals surface area contributed by atoms with Crippen LogP contribution in [0.4, 0.5) is 11.4 Å². The second-order valence-electron chi connectivity index (χ2n) is 9.16. The van der Waals surface area contributed by atoms with Crippen molar-refractivity contribution >= 4 is 38.7 Å². The van der Waals surface area contributed by atoms with E-state index < -0.39 is 9.84 Å². The van der Waals surface area contributed by atoms with E-state index in [0.717, 1.165) is 11.1 Å². The van der Waals surface area contributed by atoms with Gasteiger partial charge < -0.3 is 10.6 Å². The Balaban J connectivity index is 1.37. The molecule has 0 aliphatic carbocycles. The second-order valence-corrected chi connectivity index (χ2v) is 11.1. The number of sulfone groups is 1. The summed E-state index contributed by atoms with van der Waals surface area (Å²) < 4.78 is 26.1. The summed E-state index contributed by atoms with van der Waals surface area (Å²) in [6.07, 6.45) is 0. The van der Waals surface area contributed by atoms with Gasteiger partial charge >= 0.3 is 0 Å². The van der Waals surface area contributed by atoms with Crippen molar-refractivity contribution in [3.05, 3.63) is 119 Å². The standard InChI is InChI=1S/C31H30N4O4S/c1-21-22(2)29(40(38,39)27-15-8-5-9-16-27)18-17-28(21)32-20-30(36)35-34-23(3)25-13-10-14-26(19-25)33-31(37)24-11-6-4-7-12-24/h4-19,32H,20H2,1-3H3,(H,33,37)(H,35,36)/b34-23-. The van der Waals surface area contributed by atoms with E-state index in [2.05, 4.69) is 21.2 Å². The Kier molecular flexibility index (Phi) is 8.76. The molecule has 0 aliphatic heterocycles. The first-order chi connectivity index (χ1) is 19.2. The molecule has 0 spiro atoms. The molecule has 0 atom stereocenters. The average Bonchev–Trinajstić information content (AvgIpc) is 2.97. The summed E-state index contributed by atoms with van der Waals surface area (Å²) in [5.74, 6) is -0.589. The smallest absolute Gasteiger partial charge is 0.259 e. The lowest BCUT2D eigenvalue weighted by Gasteiger charge is -2.15. The highest BCUT2D eigenvalue weighted by Crippen LogP contribution is 2.29. The van der Waals surface area contributed by atoms with Gasteiger partial charge in [-0.05, 0) is 86.0 Å². The van der Waals surface area contributed by atoms with Gasteiger partial charge in [-0.1, -0.05) is 48.5 Å². The van der Waals surface area contributed by atoms with E-state index in [1.54, 1.807) is 98.8 Å². The van der Waals surface area contributed by atoms with Gasteiger partial charge in [0.25, 0.3) is 11.8 Å². The number of nitrogens with one attached hydrogen (secondary N) is 3. The third-order valence-electron chi connectivity index (χ3n) is 6.44. The Labute approximate surface area is 234 Å². The Hall–Kier alpha value is -4.76. The van der Waals surface area contributed by atoms with E-state index in [1.807, 2.05) is 19.1 Å². The summed E-state index contributed by atoms with van der Waals surface area (Å²) in [6, 6.07) is 27.6. The van der Waals surface area contributed by atoms with Crippen LogP contribution < -0.4 is 16.1 Å². The van der Waals surface area contributed by atoms with Crippen molar-refractivity contribution in [2.75, 3.05) is 17.2 Å². The molecule has 0 aromatic heterocycles.